The van der Waals surface area contributed by atoms with Crippen molar-refractivity contribution in [3.63, 3.8) is 0 Å². The molecule has 0 radical (unpaired) electrons. The molecule has 1 rings (SSSR count). The summed E-state index contributed by atoms with van der Waals surface area (Å²) in [5.41, 5.74) is 6.70. The Morgan fingerprint density at radius 1 is 1.31 bits per heavy atom. The number of ether oxygens (including phenoxy) is 2. The van der Waals surface area contributed by atoms with E-state index in [0.717, 1.165) is 28.8 Å². The normalized spacial score (nSPS) is 10.2. The largest absolute Gasteiger partial charge is 0.493 e. The summed E-state index contributed by atoms with van der Waals surface area (Å²) < 4.78 is 11.8. The molecule has 0 heterocycles. The Hall–Kier alpha value is -0.740. The van der Waals surface area contributed by atoms with E-state index in [1.165, 1.54) is 5.56 Å². The highest BCUT2D eigenvalue weighted by Crippen LogP contribution is 2.34. The maximum atomic E-state index is 5.50. The number of hydrogen-bond acceptors (Lipinski definition) is 3. The third kappa shape index (κ3) is 3.39. The van der Waals surface area contributed by atoms with Crippen LogP contribution in [0.1, 0.15) is 18.9 Å². The predicted octanol–water partition coefficient (Wildman–Crippen LogP) is 2.75. The minimum absolute atomic E-state index is 0.630. The van der Waals surface area contributed by atoms with Crippen LogP contribution in [0, 0.1) is 0 Å². The number of nitrogens with two attached hydrogens (primary N) is 1. The van der Waals surface area contributed by atoms with Crippen LogP contribution in [0.4, 0.5) is 0 Å². The van der Waals surface area contributed by atoms with Crippen molar-refractivity contribution in [3.8, 4) is 11.5 Å². The smallest absolute Gasteiger partial charge is 0.162 e. The van der Waals surface area contributed by atoms with Gasteiger partial charge in [0.25, 0.3) is 0 Å². The lowest BCUT2D eigenvalue weighted by atomic mass is 10.1. The van der Waals surface area contributed by atoms with Crippen LogP contribution in [0.2, 0.25) is 0 Å². The molecule has 0 aliphatic heterocycles. The van der Waals surface area contributed by atoms with E-state index < -0.39 is 0 Å². The second-order valence-electron chi connectivity index (χ2n) is 3.42. The van der Waals surface area contributed by atoms with Crippen molar-refractivity contribution in [1.82, 2.24) is 0 Å². The Labute approximate surface area is 105 Å². The summed E-state index contributed by atoms with van der Waals surface area (Å²) in [7, 11) is 1.65. The highest BCUT2D eigenvalue weighted by atomic mass is 79.9. The molecule has 0 atom stereocenters. The zero-order valence-corrected chi connectivity index (χ0v) is 11.3. The van der Waals surface area contributed by atoms with Crippen molar-refractivity contribution < 1.29 is 9.47 Å². The van der Waals surface area contributed by atoms with E-state index in [1.807, 2.05) is 19.1 Å². The molecule has 0 unspecified atom stereocenters. The highest BCUT2D eigenvalue weighted by Gasteiger charge is 2.09. The van der Waals surface area contributed by atoms with Crippen molar-refractivity contribution in [2.45, 2.75) is 19.8 Å². The van der Waals surface area contributed by atoms with Gasteiger partial charge in [-0.2, -0.15) is 0 Å². The summed E-state index contributed by atoms with van der Waals surface area (Å²) in [6, 6.07) is 3.96. The predicted molar refractivity (Wildman–Crippen MR) is 69.2 cm³/mol. The molecule has 1 aromatic carbocycles. The van der Waals surface area contributed by atoms with Crippen LogP contribution >= 0.6 is 15.9 Å². The van der Waals surface area contributed by atoms with E-state index in [1.54, 1.807) is 7.11 Å². The fourth-order valence-electron chi connectivity index (χ4n) is 1.49. The highest BCUT2D eigenvalue weighted by molar-refractivity contribution is 9.10. The molecule has 0 fully saturated rings. The van der Waals surface area contributed by atoms with Crippen molar-refractivity contribution in [3.05, 3.63) is 22.2 Å². The van der Waals surface area contributed by atoms with Crippen molar-refractivity contribution in [2.75, 3.05) is 20.3 Å². The van der Waals surface area contributed by atoms with Crippen LogP contribution in [0.15, 0.2) is 16.6 Å². The first-order valence-corrected chi connectivity index (χ1v) is 6.21. The molecule has 1 aromatic rings. The molecule has 3 nitrogen and oxygen atoms in total. The number of methoxy groups -OCH3 is 1. The van der Waals surface area contributed by atoms with E-state index in [9.17, 15) is 0 Å². The van der Waals surface area contributed by atoms with Gasteiger partial charge in [0.1, 0.15) is 0 Å². The van der Waals surface area contributed by atoms with Gasteiger partial charge in [0.15, 0.2) is 11.5 Å². The quantitative estimate of drug-likeness (QED) is 0.875. The maximum Gasteiger partial charge on any atom is 0.162 e. The van der Waals surface area contributed by atoms with Gasteiger partial charge in [-0.1, -0.05) is 15.9 Å². The second-order valence-corrected chi connectivity index (χ2v) is 4.27. The topological polar surface area (TPSA) is 44.5 Å². The Morgan fingerprint density at radius 3 is 2.62 bits per heavy atom. The molecular formula is C12H18BrNO2. The van der Waals surface area contributed by atoms with Gasteiger partial charge >= 0.3 is 0 Å². The first-order valence-electron chi connectivity index (χ1n) is 5.42. The van der Waals surface area contributed by atoms with Gasteiger partial charge in [-0.15, -0.1) is 0 Å². The Kier molecular flexibility index (Phi) is 5.63. The molecule has 0 spiro atoms. The summed E-state index contributed by atoms with van der Waals surface area (Å²) in [5.74, 6) is 1.55. The Bertz CT molecular complexity index is 342. The minimum atomic E-state index is 0.630. The van der Waals surface area contributed by atoms with Crippen LogP contribution in [-0.2, 0) is 6.42 Å². The zero-order valence-electron chi connectivity index (χ0n) is 9.75. The molecule has 16 heavy (non-hydrogen) atoms. The van der Waals surface area contributed by atoms with Crippen molar-refractivity contribution in [1.29, 1.82) is 0 Å². The molecule has 2 N–H and O–H groups in total. The van der Waals surface area contributed by atoms with Gasteiger partial charge in [-0.25, -0.2) is 0 Å². The van der Waals surface area contributed by atoms with Crippen molar-refractivity contribution in [2.24, 2.45) is 5.73 Å². The fourth-order valence-corrected chi connectivity index (χ4v) is 2.01. The molecule has 0 aliphatic carbocycles. The van der Waals surface area contributed by atoms with Gasteiger partial charge in [0.2, 0.25) is 0 Å². The number of aryl methyl sites for hydroxylation is 1. The van der Waals surface area contributed by atoms with Crippen molar-refractivity contribution >= 4 is 15.9 Å². The molecule has 0 saturated heterocycles. The first kappa shape index (κ1) is 13.3. The standard InChI is InChI=1S/C12H18BrNO2/c1-3-16-12-8-10(13)9(5-4-6-14)7-11(12)15-2/h7-8H,3-6,14H2,1-2H3. The molecule has 0 amide bonds. The maximum absolute atomic E-state index is 5.50. The van der Waals surface area contributed by atoms with Gasteiger partial charge in [-0.3, -0.25) is 0 Å². The zero-order chi connectivity index (χ0) is 12.0. The van der Waals surface area contributed by atoms with Crippen LogP contribution < -0.4 is 15.2 Å². The summed E-state index contributed by atoms with van der Waals surface area (Å²) >= 11 is 3.53. The first-order chi connectivity index (χ1) is 7.72. The SMILES string of the molecule is CCOc1cc(Br)c(CCCN)cc1OC. The molecule has 0 aliphatic rings. The van der Waals surface area contributed by atoms with E-state index >= 15 is 0 Å². The van der Waals surface area contributed by atoms with E-state index in [0.29, 0.717) is 13.2 Å². The fraction of sp³-hybridized carbons (Fsp3) is 0.500. The van der Waals surface area contributed by atoms with Crippen LogP contribution in [0.5, 0.6) is 11.5 Å². The molecule has 0 aromatic heterocycles. The number of halogens is 1. The van der Waals surface area contributed by atoms with Gasteiger partial charge in [0.05, 0.1) is 13.7 Å². The summed E-state index contributed by atoms with van der Waals surface area (Å²) in [6.45, 7) is 3.28. The summed E-state index contributed by atoms with van der Waals surface area (Å²) in [5, 5.41) is 0. The number of hydrogen-bond donors (Lipinski definition) is 1. The van der Waals surface area contributed by atoms with Crippen LogP contribution in [-0.4, -0.2) is 20.3 Å². The molecule has 0 saturated carbocycles. The Balaban J connectivity index is 2.95. The third-order valence-corrected chi connectivity index (χ3v) is 3.02. The lowest BCUT2D eigenvalue weighted by Gasteiger charge is -2.12. The van der Waals surface area contributed by atoms with Crippen LogP contribution in [0.25, 0.3) is 0 Å². The van der Waals surface area contributed by atoms with E-state index in [-0.39, 0.29) is 0 Å². The summed E-state index contributed by atoms with van der Waals surface area (Å²) in [6.07, 6.45) is 1.91. The van der Waals surface area contributed by atoms with Gasteiger partial charge in [-0.05, 0) is 44.0 Å². The van der Waals surface area contributed by atoms with Gasteiger partial charge in [0, 0.05) is 4.47 Å². The molecule has 0 bridgehead atoms. The lowest BCUT2D eigenvalue weighted by molar-refractivity contribution is 0.310. The Morgan fingerprint density at radius 2 is 2.06 bits per heavy atom. The molecular weight excluding hydrogens is 270 g/mol. The average molecular weight is 288 g/mol. The number of rotatable bonds is 6. The monoisotopic (exact) mass is 287 g/mol. The lowest BCUT2D eigenvalue weighted by Crippen LogP contribution is -2.02. The average Bonchev–Trinajstić information content (AvgIpc) is 2.28. The van der Waals surface area contributed by atoms with E-state index in [4.69, 9.17) is 15.2 Å². The van der Waals surface area contributed by atoms with Crippen LogP contribution in [0.3, 0.4) is 0 Å². The van der Waals surface area contributed by atoms with Gasteiger partial charge < -0.3 is 15.2 Å². The van der Waals surface area contributed by atoms with E-state index in [2.05, 4.69) is 15.9 Å². The number of benzene rings is 1. The third-order valence-electron chi connectivity index (χ3n) is 2.28. The minimum Gasteiger partial charge on any atom is -0.493 e. The summed E-state index contributed by atoms with van der Waals surface area (Å²) in [4.78, 5) is 0. The second kappa shape index (κ2) is 6.76. The molecule has 4 heteroatoms. The molecule has 90 valence electrons.